The van der Waals surface area contributed by atoms with Crippen molar-refractivity contribution >= 4 is 5.91 Å². The fourth-order valence-electron chi connectivity index (χ4n) is 2.06. The molecule has 0 saturated carbocycles. The smallest absolute Gasteiger partial charge is 0.222 e. The van der Waals surface area contributed by atoms with E-state index in [4.69, 9.17) is 9.47 Å². The van der Waals surface area contributed by atoms with Gasteiger partial charge in [0.05, 0.1) is 6.10 Å². The van der Waals surface area contributed by atoms with Crippen LogP contribution in [0.25, 0.3) is 0 Å². The molecule has 3 atom stereocenters. The zero-order chi connectivity index (χ0) is 13.5. The fourth-order valence-corrected chi connectivity index (χ4v) is 2.06. The van der Waals surface area contributed by atoms with Gasteiger partial charge in [0.2, 0.25) is 5.91 Å². The van der Waals surface area contributed by atoms with Crippen molar-refractivity contribution in [3.63, 3.8) is 0 Å². The summed E-state index contributed by atoms with van der Waals surface area (Å²) in [6, 6.07) is 0. The van der Waals surface area contributed by atoms with Gasteiger partial charge in [0.25, 0.3) is 0 Å². The molecule has 0 radical (unpaired) electrons. The highest BCUT2D eigenvalue weighted by molar-refractivity contribution is 5.75. The highest BCUT2D eigenvalue weighted by atomic mass is 16.7. The summed E-state index contributed by atoms with van der Waals surface area (Å²) in [7, 11) is 3.58. The average molecular weight is 255 g/mol. The lowest BCUT2D eigenvalue weighted by Crippen LogP contribution is -2.29. The first-order valence-electron chi connectivity index (χ1n) is 6.66. The van der Waals surface area contributed by atoms with Gasteiger partial charge in [-0.15, -0.1) is 0 Å². The van der Waals surface area contributed by atoms with Crippen LogP contribution in [0.3, 0.4) is 0 Å². The van der Waals surface area contributed by atoms with E-state index < -0.39 is 0 Å². The predicted octanol–water partition coefficient (Wildman–Crippen LogP) is 2.20. The van der Waals surface area contributed by atoms with E-state index in [9.17, 15) is 4.79 Å². The molecule has 0 aromatic carbocycles. The molecule has 0 saturated heterocycles. The molecule has 4 nitrogen and oxygen atoms in total. The summed E-state index contributed by atoms with van der Waals surface area (Å²) in [5, 5.41) is 0. The third-order valence-corrected chi connectivity index (χ3v) is 3.04. The lowest BCUT2D eigenvalue weighted by atomic mass is 9.97. The molecule has 4 heteroatoms. The number of nitrogens with zero attached hydrogens (tertiary/aromatic N) is 1. The molecule has 1 heterocycles. The van der Waals surface area contributed by atoms with Crippen LogP contribution >= 0.6 is 0 Å². The maximum atomic E-state index is 11.6. The first-order chi connectivity index (χ1) is 8.52. The number of hydrogen-bond acceptors (Lipinski definition) is 3. The monoisotopic (exact) mass is 255 g/mol. The maximum Gasteiger partial charge on any atom is 0.222 e. The Morgan fingerprint density at radius 3 is 2.89 bits per heavy atom. The van der Waals surface area contributed by atoms with Gasteiger partial charge >= 0.3 is 0 Å². The molecule has 104 valence electrons. The minimum Gasteiger partial charge on any atom is -0.349 e. The normalized spacial score (nSPS) is 24.9. The highest BCUT2D eigenvalue weighted by Crippen LogP contribution is 2.21. The van der Waals surface area contributed by atoms with Crippen molar-refractivity contribution < 1.29 is 14.3 Å². The minimum absolute atomic E-state index is 0.163. The van der Waals surface area contributed by atoms with Crippen LogP contribution in [-0.4, -0.2) is 43.9 Å². The van der Waals surface area contributed by atoms with Crippen molar-refractivity contribution in [3.8, 4) is 0 Å². The van der Waals surface area contributed by atoms with E-state index in [1.165, 1.54) is 0 Å². The van der Waals surface area contributed by atoms with Crippen molar-refractivity contribution in [3.05, 3.63) is 12.2 Å². The van der Waals surface area contributed by atoms with Gasteiger partial charge in [-0.3, -0.25) is 4.79 Å². The van der Waals surface area contributed by atoms with Gasteiger partial charge in [-0.2, -0.15) is 0 Å². The zero-order valence-corrected chi connectivity index (χ0v) is 11.9. The van der Waals surface area contributed by atoms with Crippen LogP contribution < -0.4 is 0 Å². The topological polar surface area (TPSA) is 38.8 Å². The molecular weight excluding hydrogens is 230 g/mol. The molecule has 1 aliphatic rings. The van der Waals surface area contributed by atoms with Crippen LogP contribution in [0.5, 0.6) is 0 Å². The summed E-state index contributed by atoms with van der Waals surface area (Å²) >= 11 is 0. The molecule has 0 spiro atoms. The van der Waals surface area contributed by atoms with Crippen molar-refractivity contribution in [1.82, 2.24) is 4.90 Å². The Kier molecular flexibility index (Phi) is 6.36. The first-order valence-corrected chi connectivity index (χ1v) is 6.66. The Balaban J connectivity index is 2.34. The molecule has 0 fully saturated rings. The summed E-state index contributed by atoms with van der Waals surface area (Å²) in [6.45, 7) is 4.70. The van der Waals surface area contributed by atoms with Gasteiger partial charge in [-0.1, -0.05) is 13.0 Å². The lowest BCUT2D eigenvalue weighted by Gasteiger charge is -2.27. The summed E-state index contributed by atoms with van der Waals surface area (Å²) in [5.74, 6) is 0.508. The molecule has 0 N–H and O–H groups in total. The Morgan fingerprint density at radius 2 is 2.28 bits per heavy atom. The molecule has 1 amide bonds. The molecule has 0 aromatic rings. The van der Waals surface area contributed by atoms with Gasteiger partial charge in [-0.25, -0.2) is 0 Å². The molecule has 1 aliphatic heterocycles. The Bertz CT molecular complexity index is 289. The molecule has 18 heavy (non-hydrogen) atoms. The van der Waals surface area contributed by atoms with Crippen LogP contribution in [-0.2, 0) is 14.3 Å². The molecular formula is C14H25NO3. The quantitative estimate of drug-likeness (QED) is 0.683. The Labute approximate surface area is 110 Å². The van der Waals surface area contributed by atoms with E-state index in [-0.39, 0.29) is 18.3 Å². The second kappa shape index (κ2) is 7.54. The van der Waals surface area contributed by atoms with Crippen molar-refractivity contribution in [2.24, 2.45) is 5.92 Å². The van der Waals surface area contributed by atoms with Gasteiger partial charge in [0.1, 0.15) is 0 Å². The largest absolute Gasteiger partial charge is 0.349 e. The second-order valence-electron chi connectivity index (χ2n) is 5.08. The van der Waals surface area contributed by atoms with Crippen molar-refractivity contribution in [2.45, 2.75) is 45.5 Å². The minimum atomic E-state index is -0.217. The van der Waals surface area contributed by atoms with E-state index in [1.54, 1.807) is 19.0 Å². The Morgan fingerprint density at radius 1 is 1.56 bits per heavy atom. The number of carbonyl (C=O) groups excluding carboxylic acids is 1. The average Bonchev–Trinajstić information content (AvgIpc) is 2.29. The Hall–Kier alpha value is -0.870. The van der Waals surface area contributed by atoms with Crippen molar-refractivity contribution in [1.29, 1.82) is 0 Å². The fraction of sp³-hybridized carbons (Fsp3) is 0.786. The molecule has 1 rings (SSSR count). The zero-order valence-electron chi connectivity index (χ0n) is 11.9. The summed E-state index contributed by atoms with van der Waals surface area (Å²) in [4.78, 5) is 13.2. The van der Waals surface area contributed by atoms with E-state index in [2.05, 4.69) is 13.0 Å². The van der Waals surface area contributed by atoms with E-state index in [0.29, 0.717) is 18.9 Å². The maximum absolute atomic E-state index is 11.6. The summed E-state index contributed by atoms with van der Waals surface area (Å²) in [5.41, 5.74) is 0. The molecule has 0 bridgehead atoms. The first kappa shape index (κ1) is 15.2. The third-order valence-electron chi connectivity index (χ3n) is 3.04. The van der Waals surface area contributed by atoms with Gasteiger partial charge < -0.3 is 14.4 Å². The highest BCUT2D eigenvalue weighted by Gasteiger charge is 2.21. The van der Waals surface area contributed by atoms with Crippen LogP contribution in [0, 0.1) is 5.92 Å². The van der Waals surface area contributed by atoms with Gasteiger partial charge in [-0.05, 0) is 31.8 Å². The van der Waals surface area contributed by atoms with Crippen LogP contribution in [0.15, 0.2) is 12.2 Å². The number of rotatable bonds is 6. The van der Waals surface area contributed by atoms with Gasteiger partial charge in [0.15, 0.2) is 6.29 Å². The van der Waals surface area contributed by atoms with Crippen LogP contribution in [0.2, 0.25) is 0 Å². The number of amides is 1. The van der Waals surface area contributed by atoms with Crippen LogP contribution in [0.4, 0.5) is 0 Å². The lowest BCUT2D eigenvalue weighted by molar-refractivity contribution is -0.149. The third kappa shape index (κ3) is 5.19. The van der Waals surface area contributed by atoms with E-state index in [1.807, 2.05) is 13.0 Å². The van der Waals surface area contributed by atoms with Gasteiger partial charge in [0, 0.05) is 27.1 Å². The number of carbonyl (C=O) groups is 1. The molecule has 0 aliphatic carbocycles. The standard InChI is InChI=1S/C14H25NO3/c1-5-17-14-8-6-7-12(18-14)9-11(2)10-13(16)15(3)4/h6,8,11-12,14H,5,7,9-10H2,1-4H3/t11-,12+,14?/m1/s1. The summed E-state index contributed by atoms with van der Waals surface area (Å²) < 4.78 is 11.2. The molecule has 0 aromatic heterocycles. The predicted molar refractivity (Wildman–Crippen MR) is 71.1 cm³/mol. The van der Waals surface area contributed by atoms with Crippen LogP contribution in [0.1, 0.15) is 33.1 Å². The van der Waals surface area contributed by atoms with E-state index in [0.717, 1.165) is 12.8 Å². The molecule has 1 unspecified atom stereocenters. The SMILES string of the molecule is CCOC1C=CC[C@@H](C[C@@H](C)CC(=O)N(C)C)O1. The second-order valence-corrected chi connectivity index (χ2v) is 5.08. The number of hydrogen-bond donors (Lipinski definition) is 0. The summed E-state index contributed by atoms with van der Waals surface area (Å²) in [6.07, 6.45) is 6.39. The van der Waals surface area contributed by atoms with E-state index >= 15 is 0 Å². The number of ether oxygens (including phenoxy) is 2. The van der Waals surface area contributed by atoms with Crippen molar-refractivity contribution in [2.75, 3.05) is 20.7 Å².